The number of nitrogens with one attached hydrogen (secondary N) is 1. The van der Waals surface area contributed by atoms with Gasteiger partial charge in [-0.25, -0.2) is 9.69 Å². The Hall–Kier alpha value is -1.88. The van der Waals surface area contributed by atoms with E-state index in [0.717, 1.165) is 5.56 Å². The Bertz CT molecular complexity index is 456. The van der Waals surface area contributed by atoms with Crippen LogP contribution in [0.2, 0.25) is 0 Å². The Morgan fingerprint density at radius 1 is 1.33 bits per heavy atom. The topological polar surface area (TPSA) is 75.4 Å². The van der Waals surface area contributed by atoms with Crippen LogP contribution >= 0.6 is 0 Å². The number of amides is 3. The molecule has 1 unspecified atom stereocenters. The van der Waals surface area contributed by atoms with Gasteiger partial charge in [-0.15, -0.1) is 0 Å². The molecule has 1 aromatic rings. The van der Waals surface area contributed by atoms with Gasteiger partial charge in [0.25, 0.3) is 0 Å². The summed E-state index contributed by atoms with van der Waals surface area (Å²) >= 11 is 0. The summed E-state index contributed by atoms with van der Waals surface area (Å²) in [6.07, 6.45) is 0.372. The van der Waals surface area contributed by atoms with Crippen molar-refractivity contribution in [3.63, 3.8) is 0 Å². The third kappa shape index (κ3) is 2.51. The predicted molar refractivity (Wildman–Crippen MR) is 69.0 cm³/mol. The van der Waals surface area contributed by atoms with Crippen LogP contribution in [0.1, 0.15) is 18.9 Å². The molecule has 1 aliphatic rings. The molecule has 96 valence electrons. The van der Waals surface area contributed by atoms with Crippen LogP contribution in [0, 0.1) is 5.92 Å². The highest BCUT2D eigenvalue weighted by atomic mass is 16.2. The lowest BCUT2D eigenvalue weighted by Gasteiger charge is -2.18. The molecule has 2 rings (SSSR count). The van der Waals surface area contributed by atoms with E-state index in [1.807, 2.05) is 19.1 Å². The number of carbonyl (C=O) groups is 2. The zero-order valence-electron chi connectivity index (χ0n) is 10.3. The molecule has 1 saturated heterocycles. The van der Waals surface area contributed by atoms with E-state index >= 15 is 0 Å². The van der Waals surface area contributed by atoms with Crippen LogP contribution in [0.5, 0.6) is 0 Å². The van der Waals surface area contributed by atoms with Crippen molar-refractivity contribution in [1.82, 2.24) is 5.32 Å². The summed E-state index contributed by atoms with van der Waals surface area (Å²) in [4.78, 5) is 25.1. The largest absolute Gasteiger partial charge is 0.337 e. The number of benzene rings is 1. The van der Waals surface area contributed by atoms with E-state index in [2.05, 4.69) is 5.32 Å². The van der Waals surface area contributed by atoms with Gasteiger partial charge in [0.05, 0.1) is 5.69 Å². The van der Waals surface area contributed by atoms with E-state index in [9.17, 15) is 9.59 Å². The van der Waals surface area contributed by atoms with E-state index < -0.39 is 0 Å². The SMILES string of the molecule is CC1CNC(=O)N(c2ccc(CN)cc2)C(=O)C1. The molecule has 0 aliphatic carbocycles. The van der Waals surface area contributed by atoms with Crippen molar-refractivity contribution < 1.29 is 9.59 Å². The second-order valence-corrected chi connectivity index (χ2v) is 4.60. The lowest BCUT2D eigenvalue weighted by molar-refractivity contribution is -0.118. The highest BCUT2D eigenvalue weighted by Gasteiger charge is 2.28. The minimum absolute atomic E-state index is 0.162. The van der Waals surface area contributed by atoms with Gasteiger partial charge in [-0.05, 0) is 23.6 Å². The molecule has 3 N–H and O–H groups in total. The van der Waals surface area contributed by atoms with E-state index in [4.69, 9.17) is 5.73 Å². The summed E-state index contributed by atoms with van der Waals surface area (Å²) in [6, 6.07) is 6.78. The third-order valence-corrected chi connectivity index (χ3v) is 3.01. The summed E-state index contributed by atoms with van der Waals surface area (Å²) in [5.41, 5.74) is 7.07. The number of imide groups is 1. The number of anilines is 1. The van der Waals surface area contributed by atoms with E-state index in [-0.39, 0.29) is 17.9 Å². The molecule has 5 nitrogen and oxygen atoms in total. The van der Waals surface area contributed by atoms with E-state index in [1.165, 1.54) is 4.90 Å². The summed E-state index contributed by atoms with van der Waals surface area (Å²) < 4.78 is 0. The van der Waals surface area contributed by atoms with Crippen LogP contribution in [-0.2, 0) is 11.3 Å². The van der Waals surface area contributed by atoms with Gasteiger partial charge < -0.3 is 11.1 Å². The average molecular weight is 247 g/mol. The number of nitrogens with two attached hydrogens (primary N) is 1. The van der Waals surface area contributed by atoms with Crippen LogP contribution in [0.15, 0.2) is 24.3 Å². The second kappa shape index (κ2) is 5.18. The van der Waals surface area contributed by atoms with Crippen LogP contribution in [0.4, 0.5) is 10.5 Å². The monoisotopic (exact) mass is 247 g/mol. The van der Waals surface area contributed by atoms with Gasteiger partial charge in [0.1, 0.15) is 0 Å². The van der Waals surface area contributed by atoms with Crippen LogP contribution in [0.3, 0.4) is 0 Å². The van der Waals surface area contributed by atoms with Crippen molar-refractivity contribution in [2.75, 3.05) is 11.4 Å². The fourth-order valence-electron chi connectivity index (χ4n) is 1.96. The van der Waals surface area contributed by atoms with Crippen molar-refractivity contribution in [3.8, 4) is 0 Å². The standard InChI is InChI=1S/C13H17N3O2/c1-9-6-12(17)16(13(18)15-8-9)11-4-2-10(7-14)3-5-11/h2-5,9H,6-8,14H2,1H3,(H,15,18). The van der Waals surface area contributed by atoms with Gasteiger partial charge in [-0.3, -0.25) is 4.79 Å². The first-order valence-corrected chi connectivity index (χ1v) is 6.01. The Morgan fingerprint density at radius 3 is 2.61 bits per heavy atom. The quantitative estimate of drug-likeness (QED) is 0.825. The molecule has 18 heavy (non-hydrogen) atoms. The highest BCUT2D eigenvalue weighted by molar-refractivity contribution is 6.14. The van der Waals surface area contributed by atoms with E-state index in [1.54, 1.807) is 12.1 Å². The molecule has 5 heteroatoms. The number of rotatable bonds is 2. The van der Waals surface area contributed by atoms with E-state index in [0.29, 0.717) is 25.2 Å². The normalized spacial score (nSPS) is 20.6. The zero-order valence-corrected chi connectivity index (χ0v) is 10.3. The number of hydrogen-bond donors (Lipinski definition) is 2. The molecule has 1 atom stereocenters. The second-order valence-electron chi connectivity index (χ2n) is 4.60. The first-order chi connectivity index (χ1) is 8.61. The van der Waals surface area contributed by atoms with Crippen molar-refractivity contribution in [2.24, 2.45) is 11.7 Å². The minimum Gasteiger partial charge on any atom is -0.337 e. The van der Waals surface area contributed by atoms with Crippen LogP contribution < -0.4 is 16.0 Å². The Labute approximate surface area is 106 Å². The van der Waals surface area contributed by atoms with Gasteiger partial charge in [0, 0.05) is 19.5 Å². The van der Waals surface area contributed by atoms with Crippen LogP contribution in [0.25, 0.3) is 0 Å². The molecular formula is C13H17N3O2. The first-order valence-electron chi connectivity index (χ1n) is 6.01. The number of urea groups is 1. The van der Waals surface area contributed by atoms with Gasteiger partial charge in [0.15, 0.2) is 0 Å². The third-order valence-electron chi connectivity index (χ3n) is 3.01. The van der Waals surface area contributed by atoms with Gasteiger partial charge in [-0.2, -0.15) is 0 Å². The molecular weight excluding hydrogens is 230 g/mol. The van der Waals surface area contributed by atoms with Crippen molar-refractivity contribution in [3.05, 3.63) is 29.8 Å². The first kappa shape index (κ1) is 12.6. The van der Waals surface area contributed by atoms with Crippen molar-refractivity contribution in [1.29, 1.82) is 0 Å². The molecule has 1 aliphatic heterocycles. The lowest BCUT2D eigenvalue weighted by Crippen LogP contribution is -2.41. The zero-order chi connectivity index (χ0) is 13.1. The average Bonchev–Trinajstić information content (AvgIpc) is 2.49. The molecule has 0 bridgehead atoms. The molecule has 0 aromatic heterocycles. The fraction of sp³-hybridized carbons (Fsp3) is 0.385. The molecule has 3 amide bonds. The molecule has 1 aromatic carbocycles. The predicted octanol–water partition coefficient (Wildman–Crippen LogP) is 1.23. The Morgan fingerprint density at radius 2 is 2.00 bits per heavy atom. The molecule has 0 radical (unpaired) electrons. The Balaban J connectivity index is 2.28. The summed E-state index contributed by atoms with van der Waals surface area (Å²) in [5, 5.41) is 2.74. The number of carbonyl (C=O) groups excluding carboxylic acids is 2. The van der Waals surface area contributed by atoms with Gasteiger partial charge >= 0.3 is 6.03 Å². The fourth-order valence-corrected chi connectivity index (χ4v) is 1.96. The molecule has 0 spiro atoms. The van der Waals surface area contributed by atoms with Crippen molar-refractivity contribution in [2.45, 2.75) is 19.9 Å². The van der Waals surface area contributed by atoms with Gasteiger partial charge in [-0.1, -0.05) is 19.1 Å². The summed E-state index contributed by atoms with van der Waals surface area (Å²) in [6.45, 7) is 2.92. The lowest BCUT2D eigenvalue weighted by atomic mass is 10.1. The minimum atomic E-state index is -0.357. The molecule has 1 fully saturated rings. The maximum atomic E-state index is 12.0. The van der Waals surface area contributed by atoms with Crippen LogP contribution in [-0.4, -0.2) is 18.5 Å². The Kier molecular flexibility index (Phi) is 3.62. The molecule has 0 saturated carbocycles. The summed E-state index contributed by atoms with van der Waals surface area (Å²) in [7, 11) is 0. The van der Waals surface area contributed by atoms with Crippen molar-refractivity contribution >= 4 is 17.6 Å². The number of hydrogen-bond acceptors (Lipinski definition) is 3. The maximum absolute atomic E-state index is 12.0. The highest BCUT2D eigenvalue weighted by Crippen LogP contribution is 2.20. The summed E-state index contributed by atoms with van der Waals surface area (Å²) in [5.74, 6) is -0.00670. The van der Waals surface area contributed by atoms with Gasteiger partial charge in [0.2, 0.25) is 5.91 Å². The number of nitrogens with zero attached hydrogens (tertiary/aromatic N) is 1. The molecule has 1 heterocycles. The smallest absolute Gasteiger partial charge is 0.328 e. The maximum Gasteiger partial charge on any atom is 0.328 e.